The van der Waals surface area contributed by atoms with Crippen molar-refractivity contribution >= 4 is 11.6 Å². The molecule has 6 nitrogen and oxygen atoms in total. The lowest BCUT2D eigenvalue weighted by molar-refractivity contribution is -0.137. The van der Waals surface area contributed by atoms with E-state index in [2.05, 4.69) is 34.5 Å². The van der Waals surface area contributed by atoms with Gasteiger partial charge in [-0.15, -0.1) is 0 Å². The molecule has 3 atom stereocenters. The minimum Gasteiger partial charge on any atom is -0.391 e. The molecule has 1 amide bonds. The van der Waals surface area contributed by atoms with Crippen LogP contribution in [0.1, 0.15) is 48.4 Å². The predicted molar refractivity (Wildman–Crippen MR) is 124 cm³/mol. The van der Waals surface area contributed by atoms with E-state index in [1.165, 1.54) is 11.1 Å². The van der Waals surface area contributed by atoms with Gasteiger partial charge in [-0.2, -0.15) is 0 Å². The van der Waals surface area contributed by atoms with Crippen molar-refractivity contribution in [2.24, 2.45) is 0 Å². The highest BCUT2D eigenvalue weighted by atomic mass is 16.3. The van der Waals surface area contributed by atoms with Crippen LogP contribution in [0.3, 0.4) is 0 Å². The van der Waals surface area contributed by atoms with Gasteiger partial charge in [-0.05, 0) is 56.5 Å². The van der Waals surface area contributed by atoms with Gasteiger partial charge in [-0.3, -0.25) is 9.69 Å². The number of aliphatic hydroxyl groups is 2. The Hall–Kier alpha value is -2.25. The second kappa shape index (κ2) is 8.60. The number of aliphatic hydroxyl groups excluding tert-OH is 1. The summed E-state index contributed by atoms with van der Waals surface area (Å²) < 4.78 is 0. The van der Waals surface area contributed by atoms with Crippen molar-refractivity contribution in [2.75, 3.05) is 31.6 Å². The summed E-state index contributed by atoms with van der Waals surface area (Å²) in [6.07, 6.45) is 3.37. The summed E-state index contributed by atoms with van der Waals surface area (Å²) in [6.45, 7) is 2.21. The van der Waals surface area contributed by atoms with Crippen LogP contribution in [-0.2, 0) is 16.8 Å². The van der Waals surface area contributed by atoms with Crippen LogP contribution in [-0.4, -0.2) is 59.8 Å². The largest absolute Gasteiger partial charge is 0.391 e. The molecule has 1 aliphatic carbocycles. The first kappa shape index (κ1) is 21.6. The van der Waals surface area contributed by atoms with Crippen molar-refractivity contribution in [3.63, 3.8) is 0 Å². The number of piperidine rings is 1. The van der Waals surface area contributed by atoms with E-state index in [0.29, 0.717) is 13.0 Å². The summed E-state index contributed by atoms with van der Waals surface area (Å²) in [7, 11) is 1.83. The van der Waals surface area contributed by atoms with Crippen molar-refractivity contribution in [2.45, 2.75) is 55.9 Å². The van der Waals surface area contributed by atoms with E-state index in [0.717, 1.165) is 50.0 Å². The molecule has 0 aromatic heterocycles. The molecule has 1 saturated heterocycles. The van der Waals surface area contributed by atoms with Crippen LogP contribution < -0.4 is 10.2 Å². The Bertz CT molecular complexity index is 988. The first-order chi connectivity index (χ1) is 15.5. The number of fused-ring (bicyclic) bond motifs is 2. The average Bonchev–Trinajstić information content (AvgIpc) is 3.05. The second-order valence-electron chi connectivity index (χ2n) is 9.42. The lowest BCUT2D eigenvalue weighted by atomic mass is 9.83. The van der Waals surface area contributed by atoms with Gasteiger partial charge in [0, 0.05) is 31.1 Å². The standard InChI is InChI=1S/C26H33N3O3/c1-27-15-14-26(32)21-8-4-5-9-22(21)29(25(26)31)19-12-16-28(17-13-19)24-20-7-3-2-6-18(20)10-11-23(24)30/h2-9,19,23-24,27,30,32H,10-17H2,1H3. The number of aryl methyl sites for hydroxylation is 1. The van der Waals surface area contributed by atoms with Gasteiger partial charge in [0.1, 0.15) is 0 Å². The molecule has 2 aromatic rings. The number of nitrogens with one attached hydrogen (secondary N) is 1. The first-order valence-electron chi connectivity index (χ1n) is 11.8. The quantitative estimate of drug-likeness (QED) is 0.672. The molecule has 6 heteroatoms. The molecule has 0 spiro atoms. The molecular formula is C26H33N3O3. The van der Waals surface area contributed by atoms with E-state index < -0.39 is 5.60 Å². The van der Waals surface area contributed by atoms with E-state index in [1.807, 2.05) is 36.2 Å². The van der Waals surface area contributed by atoms with Gasteiger partial charge >= 0.3 is 0 Å². The van der Waals surface area contributed by atoms with Crippen molar-refractivity contribution in [1.82, 2.24) is 10.2 Å². The Kier molecular flexibility index (Phi) is 5.80. The van der Waals surface area contributed by atoms with Crippen molar-refractivity contribution < 1.29 is 15.0 Å². The molecule has 170 valence electrons. The Labute approximate surface area is 189 Å². The molecule has 2 heterocycles. The topological polar surface area (TPSA) is 76.0 Å². The van der Waals surface area contributed by atoms with Gasteiger partial charge < -0.3 is 20.4 Å². The van der Waals surface area contributed by atoms with Crippen LogP contribution in [0, 0.1) is 0 Å². The molecule has 0 bridgehead atoms. The van der Waals surface area contributed by atoms with E-state index in [1.54, 1.807) is 0 Å². The molecule has 3 aliphatic rings. The number of anilines is 1. The lowest BCUT2D eigenvalue weighted by Gasteiger charge is -2.44. The lowest BCUT2D eigenvalue weighted by Crippen LogP contribution is -2.52. The molecular weight excluding hydrogens is 402 g/mol. The fourth-order valence-corrected chi connectivity index (χ4v) is 5.95. The number of amides is 1. The summed E-state index contributed by atoms with van der Waals surface area (Å²) in [5.41, 5.74) is 2.68. The Morgan fingerprint density at radius 2 is 1.78 bits per heavy atom. The first-order valence-corrected chi connectivity index (χ1v) is 11.8. The number of para-hydroxylation sites is 1. The van der Waals surface area contributed by atoms with Crippen LogP contribution in [0.2, 0.25) is 0 Å². The van der Waals surface area contributed by atoms with Gasteiger partial charge in [0.05, 0.1) is 17.8 Å². The number of nitrogens with zero attached hydrogens (tertiary/aromatic N) is 2. The summed E-state index contributed by atoms with van der Waals surface area (Å²) >= 11 is 0. The van der Waals surface area contributed by atoms with Crippen LogP contribution in [0.25, 0.3) is 0 Å². The highest BCUT2D eigenvalue weighted by molar-refractivity contribution is 6.07. The number of carbonyl (C=O) groups excluding carboxylic acids is 1. The van der Waals surface area contributed by atoms with E-state index in [9.17, 15) is 15.0 Å². The van der Waals surface area contributed by atoms with Crippen molar-refractivity contribution in [1.29, 1.82) is 0 Å². The molecule has 2 aromatic carbocycles. The molecule has 32 heavy (non-hydrogen) atoms. The van der Waals surface area contributed by atoms with Crippen molar-refractivity contribution in [3.05, 3.63) is 65.2 Å². The molecule has 3 N–H and O–H groups in total. The fraction of sp³-hybridized carbons (Fsp3) is 0.500. The number of benzene rings is 2. The molecule has 0 saturated carbocycles. The number of rotatable bonds is 5. The van der Waals surface area contributed by atoms with Crippen molar-refractivity contribution in [3.8, 4) is 0 Å². The third kappa shape index (κ3) is 3.46. The van der Waals surface area contributed by atoms with Gasteiger partial charge in [0.25, 0.3) is 5.91 Å². The molecule has 3 unspecified atom stereocenters. The minimum absolute atomic E-state index is 0.0232. The maximum atomic E-state index is 13.5. The molecule has 5 rings (SSSR count). The van der Waals surface area contributed by atoms with Gasteiger partial charge in [0.2, 0.25) is 0 Å². The highest BCUT2D eigenvalue weighted by Crippen LogP contribution is 2.45. The van der Waals surface area contributed by atoms with Crippen LogP contribution in [0.4, 0.5) is 5.69 Å². The smallest absolute Gasteiger partial charge is 0.263 e. The van der Waals surface area contributed by atoms with E-state index in [-0.39, 0.29) is 24.1 Å². The fourth-order valence-electron chi connectivity index (χ4n) is 5.95. The maximum Gasteiger partial charge on any atom is 0.263 e. The number of carbonyl (C=O) groups is 1. The highest BCUT2D eigenvalue weighted by Gasteiger charge is 2.51. The Balaban J connectivity index is 1.35. The second-order valence-corrected chi connectivity index (χ2v) is 9.42. The van der Waals surface area contributed by atoms with E-state index in [4.69, 9.17) is 0 Å². The molecule has 1 fully saturated rings. The third-order valence-corrected chi connectivity index (χ3v) is 7.62. The number of hydrogen-bond acceptors (Lipinski definition) is 5. The van der Waals surface area contributed by atoms with Crippen LogP contribution in [0.15, 0.2) is 48.5 Å². The summed E-state index contributed by atoms with van der Waals surface area (Å²) in [6, 6.07) is 16.2. The minimum atomic E-state index is -1.46. The summed E-state index contributed by atoms with van der Waals surface area (Å²) in [5.74, 6) is -0.199. The monoisotopic (exact) mass is 435 g/mol. The number of likely N-dealkylation sites (tertiary alicyclic amines) is 1. The summed E-state index contributed by atoms with van der Waals surface area (Å²) in [5, 5.41) is 25.3. The third-order valence-electron chi connectivity index (χ3n) is 7.62. The zero-order chi connectivity index (χ0) is 22.3. The Morgan fingerprint density at radius 1 is 1.06 bits per heavy atom. The maximum absolute atomic E-state index is 13.5. The normalized spacial score (nSPS) is 28.6. The van der Waals surface area contributed by atoms with Gasteiger partial charge in [0.15, 0.2) is 5.60 Å². The van der Waals surface area contributed by atoms with Crippen LogP contribution in [0.5, 0.6) is 0 Å². The van der Waals surface area contributed by atoms with Crippen LogP contribution >= 0.6 is 0 Å². The Morgan fingerprint density at radius 3 is 2.56 bits per heavy atom. The average molecular weight is 436 g/mol. The predicted octanol–water partition coefficient (Wildman–Crippen LogP) is 2.34. The zero-order valence-corrected chi connectivity index (χ0v) is 18.7. The van der Waals surface area contributed by atoms with Gasteiger partial charge in [-0.25, -0.2) is 0 Å². The zero-order valence-electron chi connectivity index (χ0n) is 18.7. The SMILES string of the molecule is CNCCC1(O)C(=O)N(C2CCN(C3c4ccccc4CCC3O)CC2)c2ccccc21. The van der Waals surface area contributed by atoms with E-state index >= 15 is 0 Å². The molecule has 2 aliphatic heterocycles. The molecule has 0 radical (unpaired) electrons. The van der Waals surface area contributed by atoms with Gasteiger partial charge in [-0.1, -0.05) is 42.5 Å². The number of hydrogen-bond donors (Lipinski definition) is 3. The summed E-state index contributed by atoms with van der Waals surface area (Å²) in [4.78, 5) is 17.7.